The molecule has 1 aliphatic rings. The smallest absolute Gasteiger partial charge is 0.0876 e. The van der Waals surface area contributed by atoms with E-state index in [1.165, 1.54) is 17.9 Å². The van der Waals surface area contributed by atoms with Gasteiger partial charge in [0.1, 0.15) is 0 Å². The Balaban J connectivity index is 1.75. The number of anilines is 1. The van der Waals surface area contributed by atoms with Gasteiger partial charge in [-0.25, -0.2) is 4.68 Å². The maximum absolute atomic E-state index is 4.30. The second-order valence-corrected chi connectivity index (χ2v) is 5.73. The SMILES string of the molecule is c1ccc(-n2cccn2)c(NCC2CCSC2)c1. The molecule has 3 nitrogen and oxygen atoms in total. The van der Waals surface area contributed by atoms with E-state index in [9.17, 15) is 0 Å². The number of nitrogens with zero attached hydrogens (tertiary/aromatic N) is 2. The summed E-state index contributed by atoms with van der Waals surface area (Å²) in [6, 6.07) is 10.3. The second kappa shape index (κ2) is 5.48. The van der Waals surface area contributed by atoms with Crippen molar-refractivity contribution >= 4 is 17.4 Å². The third-order valence-corrected chi connectivity index (χ3v) is 4.49. The lowest BCUT2D eigenvalue weighted by molar-refractivity contribution is 0.631. The fourth-order valence-electron chi connectivity index (χ4n) is 2.23. The van der Waals surface area contributed by atoms with Crippen molar-refractivity contribution in [3.05, 3.63) is 42.7 Å². The van der Waals surface area contributed by atoms with Crippen LogP contribution in [0.1, 0.15) is 6.42 Å². The normalized spacial score (nSPS) is 19.0. The number of thioether (sulfide) groups is 1. The highest BCUT2D eigenvalue weighted by Crippen LogP contribution is 2.25. The molecule has 0 aliphatic carbocycles. The van der Waals surface area contributed by atoms with Crippen LogP contribution in [0.4, 0.5) is 5.69 Å². The van der Waals surface area contributed by atoms with E-state index in [4.69, 9.17) is 0 Å². The van der Waals surface area contributed by atoms with E-state index >= 15 is 0 Å². The molecule has 0 amide bonds. The molecule has 3 rings (SSSR count). The van der Waals surface area contributed by atoms with Crippen LogP contribution in [0.5, 0.6) is 0 Å². The van der Waals surface area contributed by atoms with Gasteiger partial charge in [0.25, 0.3) is 0 Å². The molecule has 1 N–H and O–H groups in total. The van der Waals surface area contributed by atoms with Gasteiger partial charge in [-0.05, 0) is 42.0 Å². The number of benzene rings is 1. The van der Waals surface area contributed by atoms with Crippen molar-refractivity contribution < 1.29 is 0 Å². The van der Waals surface area contributed by atoms with Gasteiger partial charge in [-0.1, -0.05) is 12.1 Å². The maximum Gasteiger partial charge on any atom is 0.0876 e. The van der Waals surface area contributed by atoms with Gasteiger partial charge in [0.2, 0.25) is 0 Å². The first-order chi connectivity index (χ1) is 8.93. The zero-order valence-corrected chi connectivity index (χ0v) is 11.1. The number of para-hydroxylation sites is 2. The fraction of sp³-hybridized carbons (Fsp3) is 0.357. The molecule has 1 unspecified atom stereocenters. The molecule has 0 bridgehead atoms. The van der Waals surface area contributed by atoms with Crippen LogP contribution in [0.3, 0.4) is 0 Å². The fourth-order valence-corrected chi connectivity index (χ4v) is 3.52. The number of nitrogens with one attached hydrogen (secondary N) is 1. The molecule has 0 saturated carbocycles. The molecule has 1 aromatic heterocycles. The third-order valence-electron chi connectivity index (χ3n) is 3.26. The molecular formula is C14H17N3S. The molecule has 1 atom stereocenters. The highest BCUT2D eigenvalue weighted by molar-refractivity contribution is 7.99. The van der Waals surface area contributed by atoms with Gasteiger partial charge < -0.3 is 5.32 Å². The van der Waals surface area contributed by atoms with E-state index in [1.54, 1.807) is 0 Å². The minimum Gasteiger partial charge on any atom is -0.383 e. The van der Waals surface area contributed by atoms with E-state index in [2.05, 4.69) is 40.4 Å². The molecule has 0 radical (unpaired) electrons. The van der Waals surface area contributed by atoms with E-state index in [0.717, 1.165) is 23.8 Å². The molecule has 2 aromatic rings. The highest BCUT2D eigenvalue weighted by atomic mass is 32.2. The summed E-state index contributed by atoms with van der Waals surface area (Å²) in [7, 11) is 0. The van der Waals surface area contributed by atoms with Gasteiger partial charge in [-0.2, -0.15) is 16.9 Å². The Morgan fingerprint density at radius 2 is 2.28 bits per heavy atom. The molecule has 94 valence electrons. The lowest BCUT2D eigenvalue weighted by Gasteiger charge is -2.14. The van der Waals surface area contributed by atoms with Crippen molar-refractivity contribution in [1.82, 2.24) is 9.78 Å². The van der Waals surface area contributed by atoms with Crippen molar-refractivity contribution in [2.24, 2.45) is 5.92 Å². The van der Waals surface area contributed by atoms with Crippen molar-refractivity contribution in [3.8, 4) is 5.69 Å². The van der Waals surface area contributed by atoms with Gasteiger partial charge in [0.15, 0.2) is 0 Å². The minimum atomic E-state index is 0.806. The average Bonchev–Trinajstić information content (AvgIpc) is 3.10. The molecule has 2 heterocycles. The first-order valence-corrected chi connectivity index (χ1v) is 7.49. The van der Waals surface area contributed by atoms with Crippen LogP contribution >= 0.6 is 11.8 Å². The topological polar surface area (TPSA) is 29.9 Å². The van der Waals surface area contributed by atoms with Gasteiger partial charge in [0.05, 0.1) is 11.4 Å². The largest absolute Gasteiger partial charge is 0.383 e. The quantitative estimate of drug-likeness (QED) is 0.915. The predicted molar refractivity (Wildman–Crippen MR) is 77.5 cm³/mol. The van der Waals surface area contributed by atoms with Gasteiger partial charge >= 0.3 is 0 Å². The Bertz CT molecular complexity index is 490. The van der Waals surface area contributed by atoms with Crippen molar-refractivity contribution in [2.75, 3.05) is 23.4 Å². The Morgan fingerprint density at radius 1 is 1.33 bits per heavy atom. The van der Waals surface area contributed by atoms with E-state index in [1.807, 2.05) is 29.2 Å². The summed E-state index contributed by atoms with van der Waals surface area (Å²) >= 11 is 2.06. The lowest BCUT2D eigenvalue weighted by atomic mass is 10.1. The van der Waals surface area contributed by atoms with E-state index < -0.39 is 0 Å². The Kier molecular flexibility index (Phi) is 3.55. The van der Waals surface area contributed by atoms with Crippen LogP contribution < -0.4 is 5.32 Å². The summed E-state index contributed by atoms with van der Waals surface area (Å²) < 4.78 is 1.91. The molecule has 1 aromatic carbocycles. The molecule has 18 heavy (non-hydrogen) atoms. The number of hydrogen-bond donors (Lipinski definition) is 1. The zero-order valence-electron chi connectivity index (χ0n) is 10.2. The third kappa shape index (κ3) is 2.53. The first kappa shape index (κ1) is 11.7. The van der Waals surface area contributed by atoms with Crippen LogP contribution in [0.2, 0.25) is 0 Å². The van der Waals surface area contributed by atoms with Crippen LogP contribution in [0.25, 0.3) is 5.69 Å². The molecule has 1 aliphatic heterocycles. The predicted octanol–water partition coefficient (Wildman–Crippen LogP) is 3.04. The van der Waals surface area contributed by atoms with E-state index in [0.29, 0.717) is 0 Å². The second-order valence-electron chi connectivity index (χ2n) is 4.58. The molecule has 1 saturated heterocycles. The monoisotopic (exact) mass is 259 g/mol. The zero-order chi connectivity index (χ0) is 12.2. The highest BCUT2D eigenvalue weighted by Gasteiger charge is 2.15. The van der Waals surface area contributed by atoms with Crippen molar-refractivity contribution in [1.29, 1.82) is 0 Å². The molecule has 0 spiro atoms. The summed E-state index contributed by atoms with van der Waals surface area (Å²) in [6.45, 7) is 1.06. The summed E-state index contributed by atoms with van der Waals surface area (Å²) in [5.41, 5.74) is 2.28. The summed E-state index contributed by atoms with van der Waals surface area (Å²) in [6.07, 6.45) is 5.12. The number of aromatic nitrogens is 2. The standard InChI is InChI=1S/C14H17N3S/c1-2-5-14(17-8-3-7-16-17)13(4-1)15-10-12-6-9-18-11-12/h1-5,7-8,12,15H,6,9-11H2. The van der Waals surface area contributed by atoms with Crippen LogP contribution in [-0.2, 0) is 0 Å². The maximum atomic E-state index is 4.30. The van der Waals surface area contributed by atoms with Gasteiger partial charge in [0, 0.05) is 18.9 Å². The molecule has 1 fully saturated rings. The van der Waals surface area contributed by atoms with Crippen LogP contribution in [-0.4, -0.2) is 27.8 Å². The number of rotatable bonds is 4. The van der Waals surface area contributed by atoms with Crippen molar-refractivity contribution in [2.45, 2.75) is 6.42 Å². The van der Waals surface area contributed by atoms with Crippen LogP contribution in [0.15, 0.2) is 42.7 Å². The molecular weight excluding hydrogens is 242 g/mol. The van der Waals surface area contributed by atoms with Gasteiger partial charge in [-0.3, -0.25) is 0 Å². The Labute approximate surface area is 112 Å². The number of hydrogen-bond acceptors (Lipinski definition) is 3. The molecule has 4 heteroatoms. The van der Waals surface area contributed by atoms with Crippen LogP contribution in [0, 0.1) is 5.92 Å². The minimum absolute atomic E-state index is 0.806. The summed E-state index contributed by atoms with van der Waals surface area (Å²) in [5, 5.41) is 7.87. The van der Waals surface area contributed by atoms with Crippen molar-refractivity contribution in [3.63, 3.8) is 0 Å². The first-order valence-electron chi connectivity index (χ1n) is 6.34. The van der Waals surface area contributed by atoms with Gasteiger partial charge in [-0.15, -0.1) is 0 Å². The lowest BCUT2D eigenvalue weighted by Crippen LogP contribution is -2.14. The average molecular weight is 259 g/mol. The Hall–Kier alpha value is -1.42. The Morgan fingerprint density at radius 3 is 3.06 bits per heavy atom. The summed E-state index contributed by atoms with van der Waals surface area (Å²) in [4.78, 5) is 0. The summed E-state index contributed by atoms with van der Waals surface area (Å²) in [5.74, 6) is 3.41. The van der Waals surface area contributed by atoms with E-state index in [-0.39, 0.29) is 0 Å².